The molecule has 1 fully saturated rings. The molecule has 3 rings (SSSR count). The summed E-state index contributed by atoms with van der Waals surface area (Å²) in [6, 6.07) is 9.43. The van der Waals surface area contributed by atoms with E-state index in [0.29, 0.717) is 6.54 Å². The van der Waals surface area contributed by atoms with E-state index < -0.39 is 0 Å². The van der Waals surface area contributed by atoms with Crippen LogP contribution in [0.5, 0.6) is 5.75 Å². The van der Waals surface area contributed by atoms with E-state index in [9.17, 15) is 9.90 Å². The maximum atomic E-state index is 11.3. The van der Waals surface area contributed by atoms with Crippen molar-refractivity contribution in [2.24, 2.45) is 0 Å². The van der Waals surface area contributed by atoms with Crippen LogP contribution in [-0.4, -0.2) is 42.2 Å². The number of hydrogen-bond donors (Lipinski definition) is 2. The molecule has 2 N–H and O–H groups in total. The molecule has 0 bridgehead atoms. The smallest absolute Gasteiger partial charge is 0.221 e. The molecular weight excluding hydrogens is 280 g/mol. The van der Waals surface area contributed by atoms with Gasteiger partial charge in [-0.3, -0.25) is 9.69 Å². The topological polar surface area (TPSA) is 61.8 Å². The minimum absolute atomic E-state index is 0.121. The molecule has 5 heteroatoms. The standard InChI is InChI=1S/C17H20N2O3/c1-12(20)18-16-4-2-3-15-14(16)6-5-13(17(15)21)11-19-7-9-22-10-8-19/h2-6,21H,7-11H2,1H3,(H,18,20). The fourth-order valence-corrected chi connectivity index (χ4v) is 2.81. The monoisotopic (exact) mass is 300 g/mol. The van der Waals surface area contributed by atoms with Crippen molar-refractivity contribution >= 4 is 22.4 Å². The van der Waals surface area contributed by atoms with Gasteiger partial charge in [0.05, 0.1) is 13.2 Å². The Morgan fingerprint density at radius 3 is 2.73 bits per heavy atom. The van der Waals surface area contributed by atoms with Crippen LogP contribution in [0.15, 0.2) is 30.3 Å². The molecule has 1 heterocycles. The average molecular weight is 300 g/mol. The average Bonchev–Trinajstić information content (AvgIpc) is 2.51. The highest BCUT2D eigenvalue weighted by Gasteiger charge is 2.15. The van der Waals surface area contributed by atoms with Gasteiger partial charge in [-0.15, -0.1) is 0 Å². The van der Waals surface area contributed by atoms with Crippen molar-refractivity contribution in [1.82, 2.24) is 4.90 Å². The van der Waals surface area contributed by atoms with E-state index in [1.165, 1.54) is 6.92 Å². The summed E-state index contributed by atoms with van der Waals surface area (Å²) in [5, 5.41) is 15.0. The van der Waals surface area contributed by atoms with Crippen LogP contribution in [0.1, 0.15) is 12.5 Å². The highest BCUT2D eigenvalue weighted by Crippen LogP contribution is 2.33. The molecule has 0 unspecified atom stereocenters. The van der Waals surface area contributed by atoms with Gasteiger partial charge >= 0.3 is 0 Å². The van der Waals surface area contributed by atoms with Gasteiger partial charge in [-0.05, 0) is 6.07 Å². The largest absolute Gasteiger partial charge is 0.507 e. The Kier molecular flexibility index (Phi) is 4.27. The van der Waals surface area contributed by atoms with Crippen molar-refractivity contribution in [3.8, 4) is 5.75 Å². The normalized spacial score (nSPS) is 15.9. The molecule has 0 radical (unpaired) electrons. The maximum Gasteiger partial charge on any atom is 0.221 e. The molecule has 2 aromatic rings. The number of phenols is 1. The molecule has 0 atom stereocenters. The highest BCUT2D eigenvalue weighted by molar-refractivity contribution is 6.03. The molecule has 1 amide bonds. The van der Waals surface area contributed by atoms with Gasteiger partial charge in [-0.1, -0.05) is 24.3 Å². The van der Waals surface area contributed by atoms with E-state index in [1.54, 1.807) is 0 Å². The van der Waals surface area contributed by atoms with Crippen LogP contribution in [0.4, 0.5) is 5.69 Å². The summed E-state index contributed by atoms with van der Waals surface area (Å²) in [7, 11) is 0. The van der Waals surface area contributed by atoms with Gasteiger partial charge in [0.2, 0.25) is 5.91 Å². The lowest BCUT2D eigenvalue weighted by Gasteiger charge is -2.27. The molecular formula is C17H20N2O3. The maximum absolute atomic E-state index is 11.3. The lowest BCUT2D eigenvalue weighted by atomic mass is 10.0. The van der Waals surface area contributed by atoms with E-state index in [1.807, 2.05) is 30.3 Å². The zero-order chi connectivity index (χ0) is 15.5. The van der Waals surface area contributed by atoms with Crippen LogP contribution in [0.25, 0.3) is 10.8 Å². The van der Waals surface area contributed by atoms with Crippen molar-refractivity contribution in [3.63, 3.8) is 0 Å². The number of phenolic OH excluding ortho intramolecular Hbond substituents is 1. The van der Waals surface area contributed by atoms with Gasteiger partial charge in [-0.2, -0.15) is 0 Å². The second-order valence-electron chi connectivity index (χ2n) is 5.54. The Morgan fingerprint density at radius 2 is 2.00 bits per heavy atom. The number of rotatable bonds is 3. The van der Waals surface area contributed by atoms with Crippen LogP contribution in [-0.2, 0) is 16.1 Å². The first-order valence-corrected chi connectivity index (χ1v) is 7.46. The van der Waals surface area contributed by atoms with Crippen molar-refractivity contribution in [2.45, 2.75) is 13.5 Å². The van der Waals surface area contributed by atoms with Crippen molar-refractivity contribution in [1.29, 1.82) is 0 Å². The van der Waals surface area contributed by atoms with Gasteiger partial charge in [0.25, 0.3) is 0 Å². The SMILES string of the molecule is CC(=O)Nc1cccc2c(O)c(CN3CCOCC3)ccc12. The van der Waals surface area contributed by atoms with Crippen LogP contribution < -0.4 is 5.32 Å². The van der Waals surface area contributed by atoms with Gasteiger partial charge in [-0.25, -0.2) is 0 Å². The molecule has 22 heavy (non-hydrogen) atoms. The predicted molar refractivity (Wildman–Crippen MR) is 86.0 cm³/mol. The Bertz CT molecular complexity index is 694. The predicted octanol–water partition coefficient (Wildman–Crippen LogP) is 2.34. The Hall–Kier alpha value is -2.11. The number of nitrogens with zero attached hydrogens (tertiary/aromatic N) is 1. The molecule has 116 valence electrons. The van der Waals surface area contributed by atoms with E-state index >= 15 is 0 Å². The summed E-state index contributed by atoms with van der Waals surface area (Å²) in [6.45, 7) is 5.41. The zero-order valence-electron chi connectivity index (χ0n) is 12.6. The number of morpholine rings is 1. The molecule has 1 saturated heterocycles. The van der Waals surface area contributed by atoms with Crippen LogP contribution >= 0.6 is 0 Å². The van der Waals surface area contributed by atoms with Crippen molar-refractivity contribution in [3.05, 3.63) is 35.9 Å². The minimum Gasteiger partial charge on any atom is -0.507 e. The number of ether oxygens (including phenoxy) is 1. The number of benzene rings is 2. The second kappa shape index (κ2) is 6.34. The number of carbonyl (C=O) groups excluding carboxylic acids is 1. The van der Waals surface area contributed by atoms with E-state index in [0.717, 1.165) is 48.3 Å². The Balaban J connectivity index is 1.93. The summed E-state index contributed by atoms with van der Waals surface area (Å²) in [5.41, 5.74) is 1.62. The van der Waals surface area contributed by atoms with E-state index in [4.69, 9.17) is 4.74 Å². The molecule has 0 spiro atoms. The van der Waals surface area contributed by atoms with Crippen LogP contribution in [0.3, 0.4) is 0 Å². The van der Waals surface area contributed by atoms with Gasteiger partial charge in [0, 0.05) is 48.6 Å². The number of nitrogens with one attached hydrogen (secondary N) is 1. The van der Waals surface area contributed by atoms with Gasteiger partial charge in [0.1, 0.15) is 5.75 Å². The summed E-state index contributed by atoms with van der Waals surface area (Å²) >= 11 is 0. The first-order chi connectivity index (χ1) is 10.6. The van der Waals surface area contributed by atoms with Gasteiger partial charge < -0.3 is 15.2 Å². The summed E-state index contributed by atoms with van der Waals surface area (Å²) < 4.78 is 5.35. The molecule has 1 aliphatic heterocycles. The number of aromatic hydroxyl groups is 1. The third kappa shape index (κ3) is 3.05. The number of fused-ring (bicyclic) bond motifs is 1. The number of amides is 1. The number of anilines is 1. The Labute approximate surface area is 129 Å². The first kappa shape index (κ1) is 14.8. The summed E-state index contributed by atoms with van der Waals surface area (Å²) in [5.74, 6) is 0.167. The molecule has 5 nitrogen and oxygen atoms in total. The van der Waals surface area contributed by atoms with E-state index in [2.05, 4.69) is 10.2 Å². The lowest BCUT2D eigenvalue weighted by Crippen LogP contribution is -2.35. The van der Waals surface area contributed by atoms with Crippen LogP contribution in [0.2, 0.25) is 0 Å². The molecule has 0 saturated carbocycles. The van der Waals surface area contributed by atoms with Crippen molar-refractivity contribution < 1.29 is 14.6 Å². The quantitative estimate of drug-likeness (QED) is 0.913. The van der Waals surface area contributed by atoms with Gasteiger partial charge in [0.15, 0.2) is 0 Å². The number of hydrogen-bond acceptors (Lipinski definition) is 4. The van der Waals surface area contributed by atoms with Crippen molar-refractivity contribution in [2.75, 3.05) is 31.6 Å². The number of carbonyl (C=O) groups is 1. The fraction of sp³-hybridized carbons (Fsp3) is 0.353. The fourth-order valence-electron chi connectivity index (χ4n) is 2.81. The molecule has 0 aliphatic carbocycles. The highest BCUT2D eigenvalue weighted by atomic mass is 16.5. The lowest BCUT2D eigenvalue weighted by molar-refractivity contribution is -0.114. The molecule has 0 aromatic heterocycles. The third-order valence-electron chi connectivity index (χ3n) is 3.92. The molecule has 1 aliphatic rings. The third-order valence-corrected chi connectivity index (χ3v) is 3.92. The minimum atomic E-state index is -0.121. The summed E-state index contributed by atoms with van der Waals surface area (Å²) in [6.07, 6.45) is 0. The van der Waals surface area contributed by atoms with E-state index in [-0.39, 0.29) is 11.7 Å². The second-order valence-corrected chi connectivity index (χ2v) is 5.54. The first-order valence-electron chi connectivity index (χ1n) is 7.46. The zero-order valence-corrected chi connectivity index (χ0v) is 12.6. The molecule has 2 aromatic carbocycles. The van der Waals surface area contributed by atoms with Crippen LogP contribution in [0, 0.1) is 0 Å². The summed E-state index contributed by atoms with van der Waals surface area (Å²) in [4.78, 5) is 13.5. The Morgan fingerprint density at radius 1 is 1.23 bits per heavy atom.